The second-order valence-corrected chi connectivity index (χ2v) is 5.61. The second-order valence-electron chi connectivity index (χ2n) is 5.61. The van der Waals surface area contributed by atoms with Gasteiger partial charge < -0.3 is 20.4 Å². The van der Waals surface area contributed by atoms with Crippen LogP contribution in [0.4, 0.5) is 0 Å². The van der Waals surface area contributed by atoms with Crippen molar-refractivity contribution in [3.05, 3.63) is 23.8 Å². The van der Waals surface area contributed by atoms with E-state index in [0.29, 0.717) is 17.5 Å². The molecular formula is C15H26N2O2. The van der Waals surface area contributed by atoms with E-state index in [0.717, 1.165) is 6.54 Å². The van der Waals surface area contributed by atoms with Crippen LogP contribution in [0.3, 0.4) is 0 Å². The van der Waals surface area contributed by atoms with Crippen LogP contribution in [-0.4, -0.2) is 41.8 Å². The Bertz CT molecular complexity index is 377. The smallest absolute Gasteiger partial charge is 0.124 e. The first kappa shape index (κ1) is 15.8. The van der Waals surface area contributed by atoms with Crippen LogP contribution in [0.2, 0.25) is 0 Å². The van der Waals surface area contributed by atoms with Crippen LogP contribution in [0.5, 0.6) is 11.5 Å². The highest BCUT2D eigenvalue weighted by Gasteiger charge is 2.19. The van der Waals surface area contributed by atoms with Crippen molar-refractivity contribution in [3.8, 4) is 11.5 Å². The summed E-state index contributed by atoms with van der Waals surface area (Å²) in [7, 11) is 4.13. The Morgan fingerprint density at radius 2 is 1.63 bits per heavy atom. The molecule has 1 aromatic rings. The Labute approximate surface area is 116 Å². The van der Waals surface area contributed by atoms with E-state index in [1.54, 1.807) is 18.2 Å². The molecule has 3 N–H and O–H groups in total. The van der Waals surface area contributed by atoms with Crippen LogP contribution < -0.4 is 5.32 Å². The van der Waals surface area contributed by atoms with Crippen molar-refractivity contribution < 1.29 is 10.2 Å². The highest BCUT2D eigenvalue weighted by molar-refractivity contribution is 5.44. The zero-order valence-corrected chi connectivity index (χ0v) is 12.5. The summed E-state index contributed by atoms with van der Waals surface area (Å²) in [5.41, 5.74) is 0.559. The van der Waals surface area contributed by atoms with Gasteiger partial charge in [0.2, 0.25) is 0 Å². The van der Waals surface area contributed by atoms with E-state index in [-0.39, 0.29) is 17.5 Å². The fourth-order valence-corrected chi connectivity index (χ4v) is 2.40. The van der Waals surface area contributed by atoms with Gasteiger partial charge in [-0.1, -0.05) is 19.9 Å². The molecule has 0 spiro atoms. The number of benzene rings is 1. The maximum absolute atomic E-state index is 9.83. The molecule has 0 aliphatic carbocycles. The minimum atomic E-state index is -0.0950. The molecule has 0 saturated carbocycles. The molecule has 1 rings (SSSR count). The van der Waals surface area contributed by atoms with Crippen LogP contribution in [0.15, 0.2) is 18.2 Å². The SMILES string of the molecule is CC(NCC(C(C)C)N(C)C)c1c(O)cccc1O. The molecule has 0 aromatic heterocycles. The van der Waals surface area contributed by atoms with Crippen LogP contribution in [-0.2, 0) is 0 Å². The predicted molar refractivity (Wildman–Crippen MR) is 78.5 cm³/mol. The molecule has 0 amide bonds. The second kappa shape index (κ2) is 6.78. The number of nitrogens with one attached hydrogen (secondary N) is 1. The number of hydrogen-bond acceptors (Lipinski definition) is 4. The molecule has 108 valence electrons. The summed E-state index contributed by atoms with van der Waals surface area (Å²) < 4.78 is 0. The summed E-state index contributed by atoms with van der Waals surface area (Å²) in [6, 6.07) is 5.15. The predicted octanol–water partition coefficient (Wildman–Crippen LogP) is 2.33. The van der Waals surface area contributed by atoms with Gasteiger partial charge in [-0.15, -0.1) is 0 Å². The number of rotatable bonds is 6. The van der Waals surface area contributed by atoms with Crippen LogP contribution in [0.25, 0.3) is 0 Å². The lowest BCUT2D eigenvalue weighted by Crippen LogP contribution is -2.42. The summed E-state index contributed by atoms with van der Waals surface area (Å²) in [5, 5.41) is 23.1. The van der Waals surface area contributed by atoms with Crippen molar-refractivity contribution in [1.82, 2.24) is 10.2 Å². The molecule has 2 atom stereocenters. The third kappa shape index (κ3) is 4.11. The normalized spacial score (nSPS) is 14.9. The van der Waals surface area contributed by atoms with Crippen molar-refractivity contribution in [1.29, 1.82) is 0 Å². The van der Waals surface area contributed by atoms with Crippen LogP contribution in [0, 0.1) is 5.92 Å². The van der Waals surface area contributed by atoms with E-state index in [2.05, 4.69) is 38.2 Å². The zero-order valence-electron chi connectivity index (χ0n) is 12.5. The summed E-state index contributed by atoms with van der Waals surface area (Å²) in [4.78, 5) is 2.19. The topological polar surface area (TPSA) is 55.7 Å². The van der Waals surface area contributed by atoms with Gasteiger partial charge in [-0.05, 0) is 39.1 Å². The number of likely N-dealkylation sites (N-methyl/N-ethyl adjacent to an activating group) is 1. The van der Waals surface area contributed by atoms with Gasteiger partial charge in [0.15, 0.2) is 0 Å². The molecule has 2 unspecified atom stereocenters. The molecule has 0 fully saturated rings. The molecular weight excluding hydrogens is 240 g/mol. The minimum absolute atomic E-state index is 0.0950. The minimum Gasteiger partial charge on any atom is -0.507 e. The molecule has 0 radical (unpaired) electrons. The number of phenols is 2. The van der Waals surface area contributed by atoms with Gasteiger partial charge in [-0.3, -0.25) is 0 Å². The van der Waals surface area contributed by atoms with Crippen molar-refractivity contribution in [3.63, 3.8) is 0 Å². The lowest BCUT2D eigenvalue weighted by Gasteiger charge is -2.30. The average Bonchev–Trinajstić information content (AvgIpc) is 2.27. The van der Waals surface area contributed by atoms with E-state index < -0.39 is 0 Å². The molecule has 4 nitrogen and oxygen atoms in total. The van der Waals surface area contributed by atoms with Crippen molar-refractivity contribution in [2.45, 2.75) is 32.9 Å². The maximum atomic E-state index is 9.83. The highest BCUT2D eigenvalue weighted by atomic mass is 16.3. The summed E-state index contributed by atoms with van der Waals surface area (Å²) in [6.45, 7) is 7.13. The standard InChI is InChI=1S/C15H26N2O2/c1-10(2)12(17(4)5)9-16-11(3)15-13(18)7-6-8-14(15)19/h6-8,10-12,16,18-19H,9H2,1-5H3. The highest BCUT2D eigenvalue weighted by Crippen LogP contribution is 2.32. The van der Waals surface area contributed by atoms with E-state index >= 15 is 0 Å². The third-order valence-electron chi connectivity index (χ3n) is 3.56. The molecule has 0 heterocycles. The molecule has 0 aliphatic rings. The Balaban J connectivity index is 2.72. The third-order valence-corrected chi connectivity index (χ3v) is 3.56. The molecule has 19 heavy (non-hydrogen) atoms. The molecule has 4 heteroatoms. The zero-order chi connectivity index (χ0) is 14.6. The first-order valence-electron chi connectivity index (χ1n) is 6.75. The number of hydrogen-bond donors (Lipinski definition) is 3. The van der Waals surface area contributed by atoms with E-state index in [9.17, 15) is 10.2 Å². The van der Waals surface area contributed by atoms with Crippen LogP contribution >= 0.6 is 0 Å². The van der Waals surface area contributed by atoms with Gasteiger partial charge in [-0.25, -0.2) is 0 Å². The largest absolute Gasteiger partial charge is 0.507 e. The number of aromatic hydroxyl groups is 2. The summed E-state index contributed by atoms with van der Waals surface area (Å²) >= 11 is 0. The molecule has 0 saturated heterocycles. The number of phenolic OH excluding ortho intramolecular Hbond substituents is 2. The fraction of sp³-hybridized carbons (Fsp3) is 0.600. The van der Waals surface area contributed by atoms with Crippen molar-refractivity contribution >= 4 is 0 Å². The van der Waals surface area contributed by atoms with Gasteiger partial charge in [-0.2, -0.15) is 0 Å². The van der Waals surface area contributed by atoms with Crippen LogP contribution in [0.1, 0.15) is 32.4 Å². The molecule has 0 aliphatic heterocycles. The van der Waals surface area contributed by atoms with E-state index in [4.69, 9.17) is 0 Å². The average molecular weight is 266 g/mol. The molecule has 1 aromatic carbocycles. The lowest BCUT2D eigenvalue weighted by atomic mass is 10.0. The number of nitrogens with zero attached hydrogens (tertiary/aromatic N) is 1. The molecule has 0 bridgehead atoms. The van der Waals surface area contributed by atoms with E-state index in [1.807, 2.05) is 6.92 Å². The van der Waals surface area contributed by atoms with Crippen molar-refractivity contribution in [2.75, 3.05) is 20.6 Å². The summed E-state index contributed by atoms with van der Waals surface area (Å²) in [6.07, 6.45) is 0. The quantitative estimate of drug-likeness (QED) is 0.740. The fourth-order valence-electron chi connectivity index (χ4n) is 2.40. The van der Waals surface area contributed by atoms with Crippen molar-refractivity contribution in [2.24, 2.45) is 5.92 Å². The van der Waals surface area contributed by atoms with Gasteiger partial charge in [0.05, 0.1) is 5.56 Å². The Hall–Kier alpha value is -1.26. The maximum Gasteiger partial charge on any atom is 0.124 e. The van der Waals surface area contributed by atoms with Gasteiger partial charge in [0, 0.05) is 18.6 Å². The Kier molecular flexibility index (Phi) is 5.63. The summed E-state index contributed by atoms with van der Waals surface area (Å²) in [5.74, 6) is 0.796. The Morgan fingerprint density at radius 3 is 2.05 bits per heavy atom. The van der Waals surface area contributed by atoms with Gasteiger partial charge in [0.1, 0.15) is 11.5 Å². The first-order chi connectivity index (χ1) is 8.84. The monoisotopic (exact) mass is 266 g/mol. The first-order valence-corrected chi connectivity index (χ1v) is 6.75. The van der Waals surface area contributed by atoms with Gasteiger partial charge >= 0.3 is 0 Å². The lowest BCUT2D eigenvalue weighted by molar-refractivity contribution is 0.219. The Morgan fingerprint density at radius 1 is 1.11 bits per heavy atom. The van der Waals surface area contributed by atoms with E-state index in [1.165, 1.54) is 0 Å². The van der Waals surface area contributed by atoms with Gasteiger partial charge in [0.25, 0.3) is 0 Å².